The van der Waals surface area contributed by atoms with Crippen molar-refractivity contribution in [1.29, 1.82) is 0 Å². The molecule has 0 atom stereocenters. The number of nitrogens with two attached hydrogens (primary N) is 1. The third-order valence-corrected chi connectivity index (χ3v) is 4.07. The van der Waals surface area contributed by atoms with Crippen LogP contribution in [0.5, 0.6) is 0 Å². The van der Waals surface area contributed by atoms with Gasteiger partial charge in [0.15, 0.2) is 0 Å². The molecule has 0 radical (unpaired) electrons. The third kappa shape index (κ3) is 2.84. The maximum absolute atomic E-state index is 5.99. The molecule has 16 heavy (non-hydrogen) atoms. The van der Waals surface area contributed by atoms with E-state index in [1.807, 2.05) is 0 Å². The molecule has 2 heterocycles. The zero-order valence-corrected chi connectivity index (χ0v) is 10.4. The molecule has 3 nitrogen and oxygen atoms in total. The maximum Gasteiger partial charge on any atom is 0.0472 e. The third-order valence-electron chi connectivity index (χ3n) is 4.07. The maximum atomic E-state index is 5.99. The normalized spacial score (nSPS) is 26.5. The van der Waals surface area contributed by atoms with Gasteiger partial charge in [-0.05, 0) is 38.1 Å². The molecule has 0 aliphatic carbocycles. The summed E-state index contributed by atoms with van der Waals surface area (Å²) >= 11 is 0. The minimum absolute atomic E-state index is 0.317. The van der Waals surface area contributed by atoms with Gasteiger partial charge in [0.05, 0.1) is 0 Å². The summed E-state index contributed by atoms with van der Waals surface area (Å²) < 4.78 is 5.45. The van der Waals surface area contributed by atoms with Crippen LogP contribution >= 0.6 is 0 Å². The molecule has 0 bridgehead atoms. The predicted molar refractivity (Wildman–Crippen MR) is 66.4 cm³/mol. The van der Waals surface area contributed by atoms with Gasteiger partial charge in [-0.1, -0.05) is 11.6 Å². The second kappa shape index (κ2) is 5.30. The van der Waals surface area contributed by atoms with Crippen molar-refractivity contribution in [3.63, 3.8) is 0 Å². The number of ether oxygens (including phenoxy) is 1. The fourth-order valence-corrected chi connectivity index (χ4v) is 2.66. The molecule has 92 valence electrons. The van der Waals surface area contributed by atoms with E-state index in [0.717, 1.165) is 45.7 Å². The Kier molecular flexibility index (Phi) is 4.00. The van der Waals surface area contributed by atoms with Crippen LogP contribution in [0.15, 0.2) is 11.6 Å². The van der Waals surface area contributed by atoms with E-state index >= 15 is 0 Å². The van der Waals surface area contributed by atoms with Crippen LogP contribution in [0.25, 0.3) is 0 Å². The summed E-state index contributed by atoms with van der Waals surface area (Å²) in [5, 5.41) is 0. The van der Waals surface area contributed by atoms with E-state index in [1.165, 1.54) is 18.5 Å². The van der Waals surface area contributed by atoms with Crippen LogP contribution in [0, 0.1) is 5.41 Å². The molecule has 2 N–H and O–H groups in total. The number of hydrogen-bond donors (Lipinski definition) is 1. The number of nitrogens with zero attached hydrogens (tertiary/aromatic N) is 1. The fraction of sp³-hybridized carbons (Fsp3) is 0.846. The zero-order valence-electron chi connectivity index (χ0n) is 10.4. The van der Waals surface area contributed by atoms with Crippen LogP contribution in [0.1, 0.15) is 26.2 Å². The van der Waals surface area contributed by atoms with Gasteiger partial charge in [0, 0.05) is 32.8 Å². The first-order chi connectivity index (χ1) is 7.74. The predicted octanol–water partition coefficient (Wildman–Crippen LogP) is 1.39. The molecule has 3 heteroatoms. The van der Waals surface area contributed by atoms with E-state index in [-0.39, 0.29) is 0 Å². The van der Waals surface area contributed by atoms with Crippen molar-refractivity contribution in [3.8, 4) is 0 Å². The van der Waals surface area contributed by atoms with Crippen molar-refractivity contribution < 1.29 is 4.74 Å². The van der Waals surface area contributed by atoms with Crippen molar-refractivity contribution in [3.05, 3.63) is 11.6 Å². The molecule has 0 aromatic heterocycles. The summed E-state index contributed by atoms with van der Waals surface area (Å²) in [5.74, 6) is 0. The molecule has 2 rings (SSSR count). The van der Waals surface area contributed by atoms with Crippen molar-refractivity contribution in [1.82, 2.24) is 4.90 Å². The Bertz CT molecular complexity index is 257. The van der Waals surface area contributed by atoms with Crippen molar-refractivity contribution in [2.75, 3.05) is 39.4 Å². The van der Waals surface area contributed by atoms with Crippen molar-refractivity contribution in [2.45, 2.75) is 26.2 Å². The average molecular weight is 224 g/mol. The lowest BCUT2D eigenvalue weighted by Gasteiger charge is -2.41. The van der Waals surface area contributed by atoms with E-state index in [0.29, 0.717) is 5.41 Å². The van der Waals surface area contributed by atoms with Gasteiger partial charge in [-0.3, -0.25) is 4.90 Å². The van der Waals surface area contributed by atoms with Gasteiger partial charge in [-0.2, -0.15) is 0 Å². The van der Waals surface area contributed by atoms with Gasteiger partial charge < -0.3 is 10.5 Å². The minimum Gasteiger partial charge on any atom is -0.381 e. The van der Waals surface area contributed by atoms with E-state index < -0.39 is 0 Å². The van der Waals surface area contributed by atoms with Crippen LogP contribution in [-0.2, 0) is 4.74 Å². The zero-order chi connectivity index (χ0) is 11.4. The lowest BCUT2D eigenvalue weighted by molar-refractivity contribution is 0.00111. The summed E-state index contributed by atoms with van der Waals surface area (Å²) in [6.45, 7) is 8.26. The smallest absolute Gasteiger partial charge is 0.0472 e. The molecule has 0 aromatic carbocycles. The highest BCUT2D eigenvalue weighted by Gasteiger charge is 2.33. The SMILES string of the molecule is CC1=CCN(CC2(CN)CCOCC2)CC1. The standard InChI is InChI=1S/C13H24N2O/c1-12-2-6-15(7-3-12)11-13(10-14)4-8-16-9-5-13/h2H,3-11,14H2,1H3. The molecular formula is C13H24N2O. The summed E-state index contributed by atoms with van der Waals surface area (Å²) in [6.07, 6.45) is 5.83. The van der Waals surface area contributed by atoms with Gasteiger partial charge in [0.2, 0.25) is 0 Å². The lowest BCUT2D eigenvalue weighted by Crippen LogP contribution is -2.47. The minimum atomic E-state index is 0.317. The highest BCUT2D eigenvalue weighted by molar-refractivity contribution is 5.04. The molecule has 1 fully saturated rings. The first kappa shape index (κ1) is 12.1. The van der Waals surface area contributed by atoms with E-state index in [9.17, 15) is 0 Å². The van der Waals surface area contributed by atoms with Gasteiger partial charge in [-0.15, -0.1) is 0 Å². The molecule has 0 spiro atoms. The van der Waals surface area contributed by atoms with Crippen molar-refractivity contribution >= 4 is 0 Å². The Balaban J connectivity index is 1.91. The highest BCUT2D eigenvalue weighted by Crippen LogP contribution is 2.31. The fourth-order valence-electron chi connectivity index (χ4n) is 2.66. The molecular weight excluding hydrogens is 200 g/mol. The Morgan fingerprint density at radius 2 is 2.19 bits per heavy atom. The molecule has 1 saturated heterocycles. The molecule has 0 unspecified atom stereocenters. The average Bonchev–Trinajstić information content (AvgIpc) is 2.33. The van der Waals surface area contributed by atoms with Gasteiger partial charge >= 0.3 is 0 Å². The summed E-state index contributed by atoms with van der Waals surface area (Å²) in [4.78, 5) is 2.55. The lowest BCUT2D eigenvalue weighted by atomic mass is 9.79. The van der Waals surface area contributed by atoms with Gasteiger partial charge in [0.1, 0.15) is 0 Å². The Morgan fingerprint density at radius 3 is 2.75 bits per heavy atom. The Hall–Kier alpha value is -0.380. The van der Waals surface area contributed by atoms with Gasteiger partial charge in [-0.25, -0.2) is 0 Å². The number of hydrogen-bond acceptors (Lipinski definition) is 3. The quantitative estimate of drug-likeness (QED) is 0.736. The summed E-state index contributed by atoms with van der Waals surface area (Å²) in [7, 11) is 0. The van der Waals surface area contributed by atoms with Crippen molar-refractivity contribution in [2.24, 2.45) is 11.1 Å². The first-order valence-electron chi connectivity index (χ1n) is 6.40. The van der Waals surface area contributed by atoms with Crippen LogP contribution in [0.4, 0.5) is 0 Å². The monoisotopic (exact) mass is 224 g/mol. The molecule has 2 aliphatic rings. The van der Waals surface area contributed by atoms with E-state index in [4.69, 9.17) is 10.5 Å². The molecule has 2 aliphatic heterocycles. The summed E-state index contributed by atoms with van der Waals surface area (Å²) in [6, 6.07) is 0. The van der Waals surface area contributed by atoms with Crippen LogP contribution < -0.4 is 5.73 Å². The van der Waals surface area contributed by atoms with E-state index in [2.05, 4.69) is 17.9 Å². The molecule has 0 saturated carbocycles. The largest absolute Gasteiger partial charge is 0.381 e. The Morgan fingerprint density at radius 1 is 1.44 bits per heavy atom. The van der Waals surface area contributed by atoms with E-state index in [1.54, 1.807) is 0 Å². The Labute approximate surface area is 98.6 Å². The van der Waals surface area contributed by atoms with Crippen LogP contribution in [0.2, 0.25) is 0 Å². The molecule has 0 aromatic rings. The highest BCUT2D eigenvalue weighted by atomic mass is 16.5. The topological polar surface area (TPSA) is 38.5 Å². The molecule has 0 amide bonds. The van der Waals surface area contributed by atoms with Crippen LogP contribution in [0.3, 0.4) is 0 Å². The summed E-state index contributed by atoms with van der Waals surface area (Å²) in [5.41, 5.74) is 7.83. The van der Waals surface area contributed by atoms with Gasteiger partial charge in [0.25, 0.3) is 0 Å². The second-order valence-electron chi connectivity index (χ2n) is 5.35. The second-order valence-corrected chi connectivity index (χ2v) is 5.35. The number of rotatable bonds is 3. The van der Waals surface area contributed by atoms with Crippen LogP contribution in [-0.4, -0.2) is 44.3 Å². The first-order valence-corrected chi connectivity index (χ1v) is 6.40.